The summed E-state index contributed by atoms with van der Waals surface area (Å²) in [4.78, 5) is 12.1. The van der Waals surface area contributed by atoms with Gasteiger partial charge in [0.1, 0.15) is 0 Å². The van der Waals surface area contributed by atoms with Gasteiger partial charge in [-0.25, -0.2) is 18.4 Å². The number of benzene rings is 1. The van der Waals surface area contributed by atoms with Crippen LogP contribution >= 0.6 is 0 Å². The first kappa shape index (κ1) is 17.7. The first-order chi connectivity index (χ1) is 10.8. The number of carbonyl (C=O) groups is 1. The molecule has 0 spiro atoms. The van der Waals surface area contributed by atoms with Crippen molar-refractivity contribution in [1.82, 2.24) is 10.6 Å². The minimum Gasteiger partial charge on any atom is -0.376 e. The zero-order valence-corrected chi connectivity index (χ0v) is 14.1. The van der Waals surface area contributed by atoms with E-state index in [0.29, 0.717) is 0 Å². The lowest BCUT2D eigenvalue weighted by Crippen LogP contribution is -2.46. The fraction of sp³-hybridized carbons (Fsp3) is 0.533. The molecule has 1 aromatic rings. The van der Waals surface area contributed by atoms with Crippen LogP contribution in [0, 0.1) is 0 Å². The number of nitrogens with one attached hydrogen (secondary N) is 2. The molecule has 0 aromatic heterocycles. The van der Waals surface area contributed by atoms with Gasteiger partial charge in [-0.1, -0.05) is 12.1 Å². The third-order valence-corrected chi connectivity index (χ3v) is 4.87. The number of carbonyl (C=O) groups excluding carboxylic acids is 1. The molecule has 1 aliphatic heterocycles. The number of urea groups is 1. The van der Waals surface area contributed by atoms with Gasteiger partial charge in [0.25, 0.3) is 0 Å². The van der Waals surface area contributed by atoms with E-state index in [1.165, 1.54) is 12.1 Å². The number of hydrogen-bond donors (Lipinski definition) is 3. The number of hydrogen-bond acceptors (Lipinski definition) is 4. The van der Waals surface area contributed by atoms with Crippen LogP contribution in [0.3, 0.4) is 0 Å². The van der Waals surface area contributed by atoms with Crippen molar-refractivity contribution in [2.24, 2.45) is 5.14 Å². The Hall–Kier alpha value is -1.64. The molecular formula is C15H23N3O4S. The van der Waals surface area contributed by atoms with Crippen molar-refractivity contribution in [3.8, 4) is 0 Å². The molecule has 0 unspecified atom stereocenters. The lowest BCUT2D eigenvalue weighted by molar-refractivity contribution is 0.0859. The Balaban J connectivity index is 1.90. The van der Waals surface area contributed by atoms with E-state index >= 15 is 0 Å². The minimum absolute atomic E-state index is 0.0462. The summed E-state index contributed by atoms with van der Waals surface area (Å²) in [7, 11) is -3.71. The molecule has 2 amide bonds. The van der Waals surface area contributed by atoms with Crippen LogP contribution in [0.15, 0.2) is 29.2 Å². The van der Waals surface area contributed by atoms with Crippen LogP contribution in [0.5, 0.6) is 0 Å². The summed E-state index contributed by atoms with van der Waals surface area (Å²) in [5, 5.41) is 10.7. The molecule has 3 atom stereocenters. The van der Waals surface area contributed by atoms with E-state index in [-0.39, 0.29) is 29.1 Å². The SMILES string of the molecule is C[C@H](NC(=O)N[C@@H](C)[C@@H]1CCCO1)c1ccc(S(N)(=O)=O)cc1. The molecule has 1 aromatic carbocycles. The monoisotopic (exact) mass is 341 g/mol. The number of nitrogens with two attached hydrogens (primary N) is 1. The molecule has 0 radical (unpaired) electrons. The van der Waals surface area contributed by atoms with Crippen LogP contribution in [-0.2, 0) is 14.8 Å². The van der Waals surface area contributed by atoms with Gasteiger partial charge >= 0.3 is 6.03 Å². The average molecular weight is 341 g/mol. The molecule has 1 aliphatic rings. The summed E-state index contributed by atoms with van der Waals surface area (Å²) in [6, 6.07) is 5.51. The van der Waals surface area contributed by atoms with Gasteiger partial charge in [-0.05, 0) is 44.4 Å². The molecule has 128 valence electrons. The van der Waals surface area contributed by atoms with Crippen molar-refractivity contribution in [2.45, 2.75) is 49.8 Å². The van der Waals surface area contributed by atoms with Gasteiger partial charge in [0.15, 0.2) is 0 Å². The Morgan fingerprint density at radius 3 is 2.43 bits per heavy atom. The van der Waals surface area contributed by atoms with E-state index in [2.05, 4.69) is 10.6 Å². The normalized spacial score (nSPS) is 20.7. The molecule has 0 bridgehead atoms. The number of ether oxygens (including phenoxy) is 1. The Morgan fingerprint density at radius 1 is 1.26 bits per heavy atom. The van der Waals surface area contributed by atoms with Crippen molar-refractivity contribution < 1.29 is 17.9 Å². The van der Waals surface area contributed by atoms with Crippen LogP contribution < -0.4 is 15.8 Å². The van der Waals surface area contributed by atoms with E-state index in [0.717, 1.165) is 25.0 Å². The maximum Gasteiger partial charge on any atom is 0.315 e. The predicted molar refractivity (Wildman–Crippen MR) is 86.3 cm³/mol. The van der Waals surface area contributed by atoms with Gasteiger partial charge in [-0.2, -0.15) is 0 Å². The molecule has 8 heteroatoms. The largest absolute Gasteiger partial charge is 0.376 e. The van der Waals surface area contributed by atoms with Crippen LogP contribution in [-0.4, -0.2) is 33.2 Å². The van der Waals surface area contributed by atoms with Crippen molar-refractivity contribution >= 4 is 16.1 Å². The summed E-state index contributed by atoms with van der Waals surface area (Å²) >= 11 is 0. The van der Waals surface area contributed by atoms with E-state index in [9.17, 15) is 13.2 Å². The summed E-state index contributed by atoms with van der Waals surface area (Å²) in [6.07, 6.45) is 2.03. The Labute approximate surface area is 136 Å². The van der Waals surface area contributed by atoms with E-state index in [4.69, 9.17) is 9.88 Å². The van der Waals surface area contributed by atoms with E-state index in [1.54, 1.807) is 12.1 Å². The van der Waals surface area contributed by atoms with Gasteiger partial charge in [0.05, 0.1) is 23.1 Å². The predicted octanol–water partition coefficient (Wildman–Crippen LogP) is 1.26. The Bertz CT molecular complexity index is 639. The number of sulfonamides is 1. The molecule has 1 saturated heterocycles. The van der Waals surface area contributed by atoms with Gasteiger partial charge in [-0.3, -0.25) is 0 Å². The highest BCUT2D eigenvalue weighted by Gasteiger charge is 2.24. The fourth-order valence-corrected chi connectivity index (χ4v) is 3.08. The lowest BCUT2D eigenvalue weighted by Gasteiger charge is -2.22. The fourth-order valence-electron chi connectivity index (χ4n) is 2.56. The van der Waals surface area contributed by atoms with Crippen molar-refractivity contribution in [1.29, 1.82) is 0 Å². The first-order valence-electron chi connectivity index (χ1n) is 7.59. The third-order valence-electron chi connectivity index (χ3n) is 3.94. The van der Waals surface area contributed by atoms with E-state index < -0.39 is 10.0 Å². The van der Waals surface area contributed by atoms with Gasteiger partial charge < -0.3 is 15.4 Å². The number of amides is 2. The van der Waals surface area contributed by atoms with Crippen LogP contribution in [0.4, 0.5) is 4.79 Å². The molecule has 2 rings (SSSR count). The molecule has 23 heavy (non-hydrogen) atoms. The van der Waals surface area contributed by atoms with Crippen LogP contribution in [0.25, 0.3) is 0 Å². The van der Waals surface area contributed by atoms with Crippen molar-refractivity contribution in [2.75, 3.05) is 6.61 Å². The Morgan fingerprint density at radius 2 is 1.91 bits per heavy atom. The first-order valence-corrected chi connectivity index (χ1v) is 9.13. The Kier molecular flexibility index (Phi) is 5.61. The lowest BCUT2D eigenvalue weighted by atomic mass is 10.1. The maximum atomic E-state index is 12.0. The quantitative estimate of drug-likeness (QED) is 0.749. The molecule has 4 N–H and O–H groups in total. The highest BCUT2D eigenvalue weighted by atomic mass is 32.2. The molecule has 1 heterocycles. The standard InChI is InChI=1S/C15H23N3O4S/c1-10(12-5-7-13(8-6-12)23(16,20)21)17-15(19)18-11(2)14-4-3-9-22-14/h5-8,10-11,14H,3-4,9H2,1-2H3,(H2,16,20,21)(H2,17,18,19)/t10-,11-,14-/m0/s1. The van der Waals surface area contributed by atoms with Crippen molar-refractivity contribution in [3.05, 3.63) is 29.8 Å². The van der Waals surface area contributed by atoms with Gasteiger partial charge in [0, 0.05) is 6.61 Å². The second-order valence-corrected chi connectivity index (χ2v) is 7.36. The minimum atomic E-state index is -3.71. The highest BCUT2D eigenvalue weighted by Crippen LogP contribution is 2.17. The average Bonchev–Trinajstić information content (AvgIpc) is 3.00. The molecule has 0 saturated carbocycles. The zero-order chi connectivity index (χ0) is 17.0. The van der Waals surface area contributed by atoms with Gasteiger partial charge in [0.2, 0.25) is 10.0 Å². The summed E-state index contributed by atoms with van der Waals surface area (Å²) in [5.74, 6) is 0. The number of rotatable bonds is 5. The second kappa shape index (κ2) is 7.29. The summed E-state index contributed by atoms with van der Waals surface area (Å²) in [6.45, 7) is 4.48. The molecule has 0 aliphatic carbocycles. The molecule has 7 nitrogen and oxygen atoms in total. The smallest absolute Gasteiger partial charge is 0.315 e. The maximum absolute atomic E-state index is 12.0. The summed E-state index contributed by atoms with van der Waals surface area (Å²) < 4.78 is 28.0. The molecular weight excluding hydrogens is 318 g/mol. The summed E-state index contributed by atoms with van der Waals surface area (Å²) in [5.41, 5.74) is 0.789. The highest BCUT2D eigenvalue weighted by molar-refractivity contribution is 7.89. The van der Waals surface area contributed by atoms with Crippen LogP contribution in [0.1, 0.15) is 38.3 Å². The van der Waals surface area contributed by atoms with Gasteiger partial charge in [-0.15, -0.1) is 0 Å². The van der Waals surface area contributed by atoms with Crippen LogP contribution in [0.2, 0.25) is 0 Å². The zero-order valence-electron chi connectivity index (χ0n) is 13.3. The topological polar surface area (TPSA) is 111 Å². The van der Waals surface area contributed by atoms with Crippen molar-refractivity contribution in [3.63, 3.8) is 0 Å². The third kappa shape index (κ3) is 4.92. The molecule has 1 fully saturated rings. The van der Waals surface area contributed by atoms with E-state index in [1.807, 2.05) is 13.8 Å². The number of primary sulfonamides is 1. The second-order valence-electron chi connectivity index (χ2n) is 5.79.